The maximum Gasteiger partial charge on any atom is 0.256 e. The van der Waals surface area contributed by atoms with Crippen LogP contribution in [-0.2, 0) is 0 Å². The van der Waals surface area contributed by atoms with Gasteiger partial charge in [-0.1, -0.05) is 72.8 Å². The minimum atomic E-state index is -2.61. The van der Waals surface area contributed by atoms with E-state index in [2.05, 4.69) is 6.08 Å². The summed E-state index contributed by atoms with van der Waals surface area (Å²) >= 11 is 0. The number of benzene rings is 2. The predicted octanol–water partition coefficient (Wildman–Crippen LogP) is 2.31. The van der Waals surface area contributed by atoms with E-state index in [1.807, 2.05) is 73.7 Å². The van der Waals surface area contributed by atoms with Crippen LogP contribution < -0.4 is 10.4 Å². The molecule has 0 aliphatic heterocycles. The van der Waals surface area contributed by atoms with Gasteiger partial charge in [0, 0.05) is 0 Å². The number of hydrogen-bond donors (Lipinski definition) is 1. The lowest BCUT2D eigenvalue weighted by Gasteiger charge is -2.25. The Morgan fingerprint density at radius 2 is 1.33 bits per heavy atom. The van der Waals surface area contributed by atoms with E-state index >= 15 is 0 Å². The van der Waals surface area contributed by atoms with Crippen LogP contribution in [0, 0.1) is 0 Å². The van der Waals surface area contributed by atoms with Gasteiger partial charge >= 0.3 is 0 Å². The van der Waals surface area contributed by atoms with Crippen LogP contribution in [0.3, 0.4) is 0 Å². The fourth-order valence-corrected chi connectivity index (χ4v) is 4.99. The third-order valence-electron chi connectivity index (χ3n) is 3.15. The molecule has 0 saturated carbocycles. The maximum absolute atomic E-state index is 11.2. The lowest BCUT2D eigenvalue weighted by molar-refractivity contribution is 0.570. The minimum Gasteiger partial charge on any atom is -0.424 e. The molecule has 0 aliphatic carbocycles. The van der Waals surface area contributed by atoms with E-state index in [1.54, 1.807) is 0 Å². The summed E-state index contributed by atoms with van der Waals surface area (Å²) in [5.74, 6) is 0. The van der Waals surface area contributed by atoms with E-state index in [0.717, 1.165) is 16.4 Å². The van der Waals surface area contributed by atoms with Gasteiger partial charge in [0.2, 0.25) is 0 Å². The van der Waals surface area contributed by atoms with E-state index in [9.17, 15) is 4.80 Å². The summed E-state index contributed by atoms with van der Waals surface area (Å²) in [5, 5.41) is 2.13. The Hall–Kier alpha value is -1.64. The molecule has 2 aromatic rings. The van der Waals surface area contributed by atoms with Crippen LogP contribution >= 0.6 is 0 Å². The fraction of sp³-hybridized carbons (Fsp3) is 0.125. The topological polar surface area (TPSA) is 20.2 Å². The zero-order valence-electron chi connectivity index (χ0n) is 10.6. The molecule has 0 fully saturated rings. The molecule has 0 radical (unpaired) electrons. The van der Waals surface area contributed by atoms with Crippen LogP contribution in [0.25, 0.3) is 0 Å². The molecular weight excluding hydrogens is 236 g/mol. The average molecular weight is 254 g/mol. The van der Waals surface area contributed by atoms with Gasteiger partial charge in [-0.05, 0) is 23.3 Å². The lowest BCUT2D eigenvalue weighted by Crippen LogP contribution is -2.58. The van der Waals surface area contributed by atoms with Crippen molar-refractivity contribution in [2.24, 2.45) is 0 Å². The Balaban J connectivity index is 2.47. The first kappa shape index (κ1) is 12.8. The third kappa shape index (κ3) is 2.60. The molecule has 0 bridgehead atoms. The average Bonchev–Trinajstić information content (AvgIpc) is 2.46. The summed E-state index contributed by atoms with van der Waals surface area (Å²) in [6.07, 6.45) is 4.07. The molecule has 18 heavy (non-hydrogen) atoms. The molecule has 0 amide bonds. The molecule has 0 aromatic heterocycles. The second-order valence-electron chi connectivity index (χ2n) is 4.37. The molecule has 2 heteroatoms. The van der Waals surface area contributed by atoms with Crippen molar-refractivity contribution in [3.05, 3.63) is 72.8 Å². The van der Waals surface area contributed by atoms with Crippen molar-refractivity contribution in [1.29, 1.82) is 0 Å². The van der Waals surface area contributed by atoms with Crippen molar-refractivity contribution in [2.45, 2.75) is 13.0 Å². The summed E-state index contributed by atoms with van der Waals surface area (Å²) in [4.78, 5) is 11.2. The molecule has 0 saturated heterocycles. The SMILES string of the molecule is CC=CC[Si](O)(c1ccccc1)c1ccccc1. The van der Waals surface area contributed by atoms with E-state index in [4.69, 9.17) is 0 Å². The minimum absolute atomic E-state index is 0.720. The Morgan fingerprint density at radius 1 is 0.889 bits per heavy atom. The summed E-state index contributed by atoms with van der Waals surface area (Å²) in [7, 11) is -2.61. The summed E-state index contributed by atoms with van der Waals surface area (Å²) < 4.78 is 0. The molecule has 2 rings (SSSR count). The molecule has 1 nitrogen and oxygen atoms in total. The Morgan fingerprint density at radius 3 is 1.72 bits per heavy atom. The van der Waals surface area contributed by atoms with Gasteiger partial charge in [0.15, 0.2) is 0 Å². The zero-order chi connectivity index (χ0) is 12.8. The van der Waals surface area contributed by atoms with E-state index in [0.29, 0.717) is 0 Å². The second kappa shape index (κ2) is 5.80. The van der Waals surface area contributed by atoms with Crippen LogP contribution in [0.4, 0.5) is 0 Å². The first-order chi connectivity index (χ1) is 8.77. The van der Waals surface area contributed by atoms with Crippen molar-refractivity contribution < 1.29 is 4.80 Å². The van der Waals surface area contributed by atoms with E-state index in [1.165, 1.54) is 0 Å². The first-order valence-corrected chi connectivity index (χ1v) is 8.37. The van der Waals surface area contributed by atoms with Gasteiger partial charge in [-0.25, -0.2) is 0 Å². The zero-order valence-corrected chi connectivity index (χ0v) is 11.6. The predicted molar refractivity (Wildman–Crippen MR) is 79.7 cm³/mol. The lowest BCUT2D eigenvalue weighted by atomic mass is 10.4. The summed E-state index contributed by atoms with van der Waals surface area (Å²) in [6, 6.07) is 20.8. The molecule has 0 unspecified atom stereocenters. The van der Waals surface area contributed by atoms with Gasteiger partial charge in [-0.15, -0.1) is 0 Å². The maximum atomic E-state index is 11.2. The molecule has 2 aromatic carbocycles. The van der Waals surface area contributed by atoms with Crippen LogP contribution in [-0.4, -0.2) is 13.1 Å². The quantitative estimate of drug-likeness (QED) is 0.656. The summed E-state index contributed by atoms with van der Waals surface area (Å²) in [6.45, 7) is 1.99. The monoisotopic (exact) mass is 254 g/mol. The Bertz CT molecular complexity index is 466. The van der Waals surface area contributed by atoms with Gasteiger partial charge < -0.3 is 4.80 Å². The van der Waals surface area contributed by atoms with Crippen molar-refractivity contribution in [1.82, 2.24) is 0 Å². The highest BCUT2D eigenvalue weighted by atomic mass is 28.4. The highest BCUT2D eigenvalue weighted by molar-refractivity contribution is 6.96. The molecule has 0 aliphatic rings. The molecule has 92 valence electrons. The number of rotatable bonds is 4. The van der Waals surface area contributed by atoms with Crippen molar-refractivity contribution in [3.63, 3.8) is 0 Å². The van der Waals surface area contributed by atoms with Crippen molar-refractivity contribution in [3.8, 4) is 0 Å². The highest BCUT2D eigenvalue weighted by Gasteiger charge is 2.34. The second-order valence-corrected chi connectivity index (χ2v) is 7.65. The highest BCUT2D eigenvalue weighted by Crippen LogP contribution is 2.09. The molecule has 0 heterocycles. The molecule has 0 spiro atoms. The van der Waals surface area contributed by atoms with Gasteiger partial charge in [0.25, 0.3) is 8.32 Å². The van der Waals surface area contributed by atoms with Crippen LogP contribution in [0.2, 0.25) is 6.04 Å². The smallest absolute Gasteiger partial charge is 0.256 e. The van der Waals surface area contributed by atoms with Crippen molar-refractivity contribution in [2.75, 3.05) is 0 Å². The van der Waals surface area contributed by atoms with E-state index < -0.39 is 8.32 Å². The number of allylic oxidation sites excluding steroid dienone is 2. The Labute approximate surface area is 110 Å². The normalized spacial score (nSPS) is 11.9. The van der Waals surface area contributed by atoms with E-state index in [-0.39, 0.29) is 0 Å². The number of hydrogen-bond acceptors (Lipinski definition) is 1. The molecule has 0 atom stereocenters. The largest absolute Gasteiger partial charge is 0.424 e. The fourth-order valence-electron chi connectivity index (χ4n) is 2.12. The van der Waals surface area contributed by atoms with Crippen molar-refractivity contribution >= 4 is 18.7 Å². The van der Waals surface area contributed by atoms with Gasteiger partial charge in [0.1, 0.15) is 0 Å². The standard InChI is InChI=1S/C16H18OSi/c1-2-3-14-18(17,15-10-6-4-7-11-15)16-12-8-5-9-13-16/h2-13,17H,14H2,1H3. The van der Waals surface area contributed by atoms with Gasteiger partial charge in [-0.2, -0.15) is 0 Å². The van der Waals surface area contributed by atoms with Crippen LogP contribution in [0.1, 0.15) is 6.92 Å². The third-order valence-corrected chi connectivity index (χ3v) is 6.56. The summed E-state index contributed by atoms with van der Waals surface area (Å²) in [5.41, 5.74) is 0. The molecule has 1 N–H and O–H groups in total. The Kier molecular flexibility index (Phi) is 4.13. The van der Waals surface area contributed by atoms with Crippen LogP contribution in [0.5, 0.6) is 0 Å². The van der Waals surface area contributed by atoms with Crippen LogP contribution in [0.15, 0.2) is 72.8 Å². The molecular formula is C16H18OSi. The first-order valence-electron chi connectivity index (χ1n) is 6.22. The van der Waals surface area contributed by atoms with Gasteiger partial charge in [-0.3, -0.25) is 0 Å². The van der Waals surface area contributed by atoms with Gasteiger partial charge in [0.05, 0.1) is 0 Å².